The number of amides is 2. The van der Waals surface area contributed by atoms with E-state index in [0.29, 0.717) is 19.4 Å². The molecular formula is C19H20N2O3. The number of hydrogen-bond donors (Lipinski definition) is 2. The van der Waals surface area contributed by atoms with E-state index in [1.807, 2.05) is 54.6 Å². The quantitative estimate of drug-likeness (QED) is 0.857. The molecule has 1 fully saturated rings. The van der Waals surface area contributed by atoms with E-state index in [0.717, 1.165) is 23.5 Å². The van der Waals surface area contributed by atoms with E-state index in [9.17, 15) is 9.59 Å². The van der Waals surface area contributed by atoms with Crippen LogP contribution in [0.4, 0.5) is 0 Å². The molecule has 5 nitrogen and oxygen atoms in total. The van der Waals surface area contributed by atoms with Crippen LogP contribution in [0.1, 0.15) is 18.4 Å². The van der Waals surface area contributed by atoms with Crippen LogP contribution in [0.3, 0.4) is 0 Å². The Kier molecular flexibility index (Phi) is 5.11. The molecule has 1 atom stereocenters. The van der Waals surface area contributed by atoms with Gasteiger partial charge in [0.1, 0.15) is 17.5 Å². The van der Waals surface area contributed by atoms with Gasteiger partial charge in [-0.3, -0.25) is 9.59 Å². The number of ether oxygens (including phenoxy) is 1. The molecule has 2 N–H and O–H groups in total. The van der Waals surface area contributed by atoms with Crippen molar-refractivity contribution >= 4 is 11.8 Å². The maximum absolute atomic E-state index is 11.9. The van der Waals surface area contributed by atoms with Crippen LogP contribution in [0.25, 0.3) is 0 Å². The second kappa shape index (κ2) is 7.64. The van der Waals surface area contributed by atoms with Crippen molar-refractivity contribution in [2.45, 2.75) is 25.3 Å². The van der Waals surface area contributed by atoms with Crippen LogP contribution in [0.2, 0.25) is 0 Å². The van der Waals surface area contributed by atoms with Gasteiger partial charge in [0.25, 0.3) is 0 Å². The summed E-state index contributed by atoms with van der Waals surface area (Å²) in [6.45, 7) is 0.546. The third kappa shape index (κ3) is 4.35. The lowest BCUT2D eigenvalue weighted by molar-refractivity contribution is -0.125. The fourth-order valence-corrected chi connectivity index (χ4v) is 2.61. The van der Waals surface area contributed by atoms with Crippen molar-refractivity contribution in [3.63, 3.8) is 0 Å². The molecule has 2 aromatic carbocycles. The average molecular weight is 324 g/mol. The smallest absolute Gasteiger partial charge is 0.242 e. The molecule has 1 heterocycles. The summed E-state index contributed by atoms with van der Waals surface area (Å²) >= 11 is 0. The molecule has 0 spiro atoms. The third-order valence-electron chi connectivity index (χ3n) is 3.93. The second-order valence-electron chi connectivity index (χ2n) is 5.76. The highest BCUT2D eigenvalue weighted by Gasteiger charge is 2.26. The number of carbonyl (C=O) groups excluding carboxylic acids is 2. The summed E-state index contributed by atoms with van der Waals surface area (Å²) in [5.41, 5.74) is 1.12. The number of hydrogen-bond acceptors (Lipinski definition) is 3. The van der Waals surface area contributed by atoms with Gasteiger partial charge in [0, 0.05) is 13.0 Å². The Bertz CT molecular complexity index is 698. The molecule has 24 heavy (non-hydrogen) atoms. The predicted molar refractivity (Wildman–Crippen MR) is 90.8 cm³/mol. The molecule has 1 saturated heterocycles. The van der Waals surface area contributed by atoms with Crippen molar-refractivity contribution < 1.29 is 14.3 Å². The van der Waals surface area contributed by atoms with E-state index in [1.165, 1.54) is 0 Å². The highest BCUT2D eigenvalue weighted by molar-refractivity contribution is 5.90. The molecule has 0 radical (unpaired) electrons. The molecule has 0 aliphatic carbocycles. The standard InChI is InChI=1S/C19H20N2O3/c22-18-11-10-17(21-18)19(23)20-13-12-14-6-8-16(9-7-14)24-15-4-2-1-3-5-15/h1-9,17H,10-13H2,(H,20,23)(H,21,22). The van der Waals surface area contributed by atoms with Crippen molar-refractivity contribution in [2.24, 2.45) is 0 Å². The van der Waals surface area contributed by atoms with Crippen LogP contribution in [0, 0.1) is 0 Å². The van der Waals surface area contributed by atoms with E-state index in [1.54, 1.807) is 0 Å². The summed E-state index contributed by atoms with van der Waals surface area (Å²) in [6, 6.07) is 17.1. The van der Waals surface area contributed by atoms with Crippen molar-refractivity contribution in [3.05, 3.63) is 60.2 Å². The fraction of sp³-hybridized carbons (Fsp3) is 0.263. The SMILES string of the molecule is O=C1CCC(C(=O)NCCc2ccc(Oc3ccccc3)cc2)N1. The minimum atomic E-state index is -0.376. The number of carbonyl (C=O) groups is 2. The highest BCUT2D eigenvalue weighted by atomic mass is 16.5. The highest BCUT2D eigenvalue weighted by Crippen LogP contribution is 2.21. The molecule has 2 aromatic rings. The Morgan fingerprint density at radius 2 is 1.79 bits per heavy atom. The monoisotopic (exact) mass is 324 g/mol. The number of benzene rings is 2. The first-order valence-electron chi connectivity index (χ1n) is 8.09. The lowest BCUT2D eigenvalue weighted by Gasteiger charge is -2.11. The van der Waals surface area contributed by atoms with Crippen LogP contribution in [0.5, 0.6) is 11.5 Å². The largest absolute Gasteiger partial charge is 0.457 e. The maximum atomic E-state index is 11.9. The molecule has 3 rings (SSSR count). The summed E-state index contributed by atoms with van der Waals surface area (Å²) < 4.78 is 5.74. The number of rotatable bonds is 6. The summed E-state index contributed by atoms with van der Waals surface area (Å²) in [7, 11) is 0. The van der Waals surface area contributed by atoms with Gasteiger partial charge in [0.05, 0.1) is 0 Å². The van der Waals surface area contributed by atoms with Gasteiger partial charge in [-0.05, 0) is 42.7 Å². The molecule has 0 saturated carbocycles. The second-order valence-corrected chi connectivity index (χ2v) is 5.76. The first-order chi connectivity index (χ1) is 11.7. The van der Waals surface area contributed by atoms with E-state index in [4.69, 9.17) is 4.74 Å². The van der Waals surface area contributed by atoms with E-state index in [-0.39, 0.29) is 17.9 Å². The molecule has 1 aliphatic rings. The minimum Gasteiger partial charge on any atom is -0.457 e. The van der Waals surface area contributed by atoms with Gasteiger partial charge in [-0.1, -0.05) is 30.3 Å². The lowest BCUT2D eigenvalue weighted by atomic mass is 10.1. The zero-order valence-electron chi connectivity index (χ0n) is 13.3. The summed E-state index contributed by atoms with van der Waals surface area (Å²) in [5, 5.41) is 5.53. The summed E-state index contributed by atoms with van der Waals surface area (Å²) in [4.78, 5) is 23.0. The van der Waals surface area contributed by atoms with Gasteiger partial charge in [0.15, 0.2) is 0 Å². The first-order valence-corrected chi connectivity index (χ1v) is 8.09. The number of nitrogens with one attached hydrogen (secondary N) is 2. The molecule has 1 unspecified atom stereocenters. The first kappa shape index (κ1) is 16.1. The lowest BCUT2D eigenvalue weighted by Crippen LogP contribution is -2.42. The van der Waals surface area contributed by atoms with E-state index >= 15 is 0 Å². The Morgan fingerprint density at radius 1 is 1.08 bits per heavy atom. The molecule has 5 heteroatoms. The number of para-hydroxylation sites is 1. The van der Waals surface area contributed by atoms with Gasteiger partial charge in [-0.25, -0.2) is 0 Å². The fourth-order valence-electron chi connectivity index (χ4n) is 2.61. The van der Waals surface area contributed by atoms with Crippen LogP contribution in [0.15, 0.2) is 54.6 Å². The zero-order chi connectivity index (χ0) is 16.8. The van der Waals surface area contributed by atoms with Crippen molar-refractivity contribution in [3.8, 4) is 11.5 Å². The van der Waals surface area contributed by atoms with Crippen LogP contribution >= 0.6 is 0 Å². The predicted octanol–water partition coefficient (Wildman–Crippen LogP) is 2.42. The Balaban J connectivity index is 1.44. The van der Waals surface area contributed by atoms with Crippen molar-refractivity contribution in [2.75, 3.05) is 6.54 Å². The summed E-state index contributed by atoms with van der Waals surface area (Å²) in [5.74, 6) is 1.42. The maximum Gasteiger partial charge on any atom is 0.242 e. The Hall–Kier alpha value is -2.82. The van der Waals surface area contributed by atoms with Crippen LogP contribution < -0.4 is 15.4 Å². The Morgan fingerprint density at radius 3 is 2.46 bits per heavy atom. The molecule has 1 aliphatic heterocycles. The molecule has 0 aromatic heterocycles. The van der Waals surface area contributed by atoms with Gasteiger partial charge < -0.3 is 15.4 Å². The topological polar surface area (TPSA) is 67.4 Å². The van der Waals surface area contributed by atoms with Gasteiger partial charge in [-0.2, -0.15) is 0 Å². The molecular weight excluding hydrogens is 304 g/mol. The molecule has 124 valence electrons. The van der Waals surface area contributed by atoms with Crippen LogP contribution in [-0.2, 0) is 16.0 Å². The van der Waals surface area contributed by atoms with Crippen molar-refractivity contribution in [1.29, 1.82) is 0 Å². The van der Waals surface area contributed by atoms with E-state index in [2.05, 4.69) is 10.6 Å². The molecule has 2 amide bonds. The van der Waals surface area contributed by atoms with Gasteiger partial charge in [-0.15, -0.1) is 0 Å². The Labute approximate surface area is 141 Å². The zero-order valence-corrected chi connectivity index (χ0v) is 13.3. The van der Waals surface area contributed by atoms with Gasteiger partial charge in [0.2, 0.25) is 11.8 Å². The van der Waals surface area contributed by atoms with Crippen molar-refractivity contribution in [1.82, 2.24) is 10.6 Å². The normalized spacial score (nSPS) is 16.5. The third-order valence-corrected chi connectivity index (χ3v) is 3.93. The van der Waals surface area contributed by atoms with Crippen LogP contribution in [-0.4, -0.2) is 24.4 Å². The average Bonchev–Trinajstić information content (AvgIpc) is 3.04. The molecule has 0 bridgehead atoms. The summed E-state index contributed by atoms with van der Waals surface area (Å²) in [6.07, 6.45) is 1.75. The minimum absolute atomic E-state index is 0.0517. The van der Waals surface area contributed by atoms with Gasteiger partial charge >= 0.3 is 0 Å². The van der Waals surface area contributed by atoms with E-state index < -0.39 is 0 Å².